The van der Waals surface area contributed by atoms with Crippen molar-refractivity contribution in [3.05, 3.63) is 71.8 Å². The van der Waals surface area contributed by atoms with Gasteiger partial charge >= 0.3 is 11.9 Å². The van der Waals surface area contributed by atoms with Crippen molar-refractivity contribution in [2.24, 2.45) is 0 Å². The fraction of sp³-hybridized carbons (Fsp3) is 0.300. The van der Waals surface area contributed by atoms with Gasteiger partial charge in [-0.3, -0.25) is 0 Å². The molecule has 27 heavy (non-hydrogen) atoms. The standard InChI is InChI=1S/C20H19IO6/c1-12-15(21)16(26-18(22)13-8-4-2-5-9-13)17(20(24)25-12)27-19(23)14-10-6-3-7-11-14/h2-12,15-17,20,24H,1H3/t12-,15+,16+,17+,20-/m0/s1. The van der Waals surface area contributed by atoms with E-state index in [0.717, 1.165) is 0 Å². The van der Waals surface area contributed by atoms with Crippen molar-refractivity contribution in [3.63, 3.8) is 0 Å². The summed E-state index contributed by atoms with van der Waals surface area (Å²) in [5.74, 6) is -1.17. The number of aliphatic hydroxyl groups is 1. The molecule has 1 aliphatic heterocycles. The van der Waals surface area contributed by atoms with Crippen LogP contribution in [0.25, 0.3) is 0 Å². The lowest BCUT2D eigenvalue weighted by atomic mass is 10.0. The maximum atomic E-state index is 12.5. The summed E-state index contributed by atoms with van der Waals surface area (Å²) in [4.78, 5) is 24.9. The van der Waals surface area contributed by atoms with E-state index in [-0.39, 0.29) is 10.0 Å². The van der Waals surface area contributed by atoms with Gasteiger partial charge in [-0.05, 0) is 31.2 Å². The van der Waals surface area contributed by atoms with Crippen LogP contribution in [0.5, 0.6) is 0 Å². The van der Waals surface area contributed by atoms with Gasteiger partial charge in [-0.1, -0.05) is 59.0 Å². The molecular formula is C20H19IO6. The molecule has 2 aromatic carbocycles. The second-order valence-electron chi connectivity index (χ2n) is 6.15. The average molecular weight is 482 g/mol. The molecule has 1 fully saturated rings. The van der Waals surface area contributed by atoms with Crippen LogP contribution >= 0.6 is 22.6 Å². The van der Waals surface area contributed by atoms with E-state index >= 15 is 0 Å². The molecule has 1 N–H and O–H groups in total. The molecule has 0 saturated carbocycles. The second kappa shape index (κ2) is 8.81. The molecule has 0 aromatic heterocycles. The predicted molar refractivity (Wildman–Crippen MR) is 106 cm³/mol. The Hall–Kier alpha value is -1.97. The van der Waals surface area contributed by atoms with E-state index in [1.807, 2.05) is 0 Å². The van der Waals surface area contributed by atoms with Gasteiger partial charge in [0.2, 0.25) is 0 Å². The molecule has 1 heterocycles. The first-order valence-electron chi connectivity index (χ1n) is 8.47. The molecule has 1 saturated heterocycles. The lowest BCUT2D eigenvalue weighted by Gasteiger charge is -2.40. The summed E-state index contributed by atoms with van der Waals surface area (Å²) in [7, 11) is 0. The van der Waals surface area contributed by atoms with Gasteiger partial charge in [0, 0.05) is 0 Å². The van der Waals surface area contributed by atoms with Crippen molar-refractivity contribution in [2.75, 3.05) is 0 Å². The van der Waals surface area contributed by atoms with E-state index in [2.05, 4.69) is 22.6 Å². The molecular weight excluding hydrogens is 463 g/mol. The molecule has 0 amide bonds. The Morgan fingerprint density at radius 3 is 1.81 bits per heavy atom. The van der Waals surface area contributed by atoms with Gasteiger partial charge in [0.25, 0.3) is 0 Å². The van der Waals surface area contributed by atoms with Crippen molar-refractivity contribution in [1.29, 1.82) is 0 Å². The zero-order valence-corrected chi connectivity index (χ0v) is 16.7. The fourth-order valence-corrected chi connectivity index (χ4v) is 3.50. The number of alkyl halides is 1. The Morgan fingerprint density at radius 1 is 0.889 bits per heavy atom. The number of halogens is 1. The molecule has 5 atom stereocenters. The zero-order chi connectivity index (χ0) is 19.4. The van der Waals surface area contributed by atoms with Crippen molar-refractivity contribution in [3.8, 4) is 0 Å². The van der Waals surface area contributed by atoms with Crippen molar-refractivity contribution in [2.45, 2.75) is 35.5 Å². The van der Waals surface area contributed by atoms with Crippen LogP contribution in [0, 0.1) is 0 Å². The van der Waals surface area contributed by atoms with E-state index in [1.165, 1.54) is 0 Å². The molecule has 0 spiro atoms. The normalized spacial score (nSPS) is 27.6. The minimum absolute atomic E-state index is 0.313. The fourth-order valence-electron chi connectivity index (χ4n) is 2.77. The minimum atomic E-state index is -1.40. The van der Waals surface area contributed by atoms with Gasteiger partial charge in [-0.25, -0.2) is 9.59 Å². The summed E-state index contributed by atoms with van der Waals surface area (Å²) in [6, 6.07) is 16.9. The number of hydrogen-bond acceptors (Lipinski definition) is 6. The van der Waals surface area contributed by atoms with Crippen LogP contribution < -0.4 is 0 Å². The lowest BCUT2D eigenvalue weighted by molar-refractivity contribution is -0.237. The molecule has 0 radical (unpaired) electrons. The van der Waals surface area contributed by atoms with Crippen LogP contribution in [-0.4, -0.2) is 45.6 Å². The van der Waals surface area contributed by atoms with Gasteiger partial charge in [0.15, 0.2) is 18.5 Å². The Bertz CT molecular complexity index is 782. The second-order valence-corrected chi connectivity index (χ2v) is 7.59. The van der Waals surface area contributed by atoms with E-state index in [1.54, 1.807) is 67.6 Å². The summed E-state index contributed by atoms with van der Waals surface area (Å²) in [5, 5.41) is 10.3. The maximum Gasteiger partial charge on any atom is 0.338 e. The van der Waals surface area contributed by atoms with Gasteiger partial charge in [-0.15, -0.1) is 0 Å². The number of esters is 2. The minimum Gasteiger partial charge on any atom is -0.453 e. The number of rotatable bonds is 4. The SMILES string of the molecule is C[C@@H]1O[C@H](O)[C@H](OC(=O)c2ccccc2)[C@H](OC(=O)c2ccccc2)[C@@H]1I. The van der Waals surface area contributed by atoms with Crippen molar-refractivity contribution >= 4 is 34.5 Å². The lowest BCUT2D eigenvalue weighted by Crippen LogP contribution is -2.57. The molecule has 7 heteroatoms. The highest BCUT2D eigenvalue weighted by Gasteiger charge is 2.47. The number of hydrogen-bond donors (Lipinski definition) is 1. The molecule has 0 aliphatic carbocycles. The molecule has 2 aromatic rings. The maximum absolute atomic E-state index is 12.5. The molecule has 0 bridgehead atoms. The van der Waals surface area contributed by atoms with Crippen LogP contribution in [0.4, 0.5) is 0 Å². The van der Waals surface area contributed by atoms with Crippen molar-refractivity contribution in [1.82, 2.24) is 0 Å². The Morgan fingerprint density at radius 2 is 1.33 bits per heavy atom. The third-order valence-corrected chi connectivity index (χ3v) is 5.95. The average Bonchev–Trinajstić information content (AvgIpc) is 2.69. The number of carbonyl (C=O) groups is 2. The largest absolute Gasteiger partial charge is 0.453 e. The zero-order valence-electron chi connectivity index (χ0n) is 14.5. The topological polar surface area (TPSA) is 82.1 Å². The van der Waals surface area contributed by atoms with Gasteiger partial charge in [0.05, 0.1) is 21.2 Å². The first-order chi connectivity index (χ1) is 13.0. The molecule has 0 unspecified atom stereocenters. The predicted octanol–water partition coefficient (Wildman–Crippen LogP) is 2.98. The summed E-state index contributed by atoms with van der Waals surface area (Å²) >= 11 is 2.08. The Labute approximate surface area is 170 Å². The third kappa shape index (κ3) is 4.66. The summed E-state index contributed by atoms with van der Waals surface area (Å²) in [6.07, 6.45) is -3.78. The van der Waals surface area contributed by atoms with Crippen LogP contribution in [0.15, 0.2) is 60.7 Å². The summed E-state index contributed by atoms with van der Waals surface area (Å²) in [5.41, 5.74) is 0.712. The number of benzene rings is 2. The van der Waals surface area contributed by atoms with E-state index in [4.69, 9.17) is 14.2 Å². The van der Waals surface area contributed by atoms with E-state index < -0.39 is 30.4 Å². The van der Waals surface area contributed by atoms with Gasteiger partial charge in [0.1, 0.15) is 0 Å². The first-order valence-corrected chi connectivity index (χ1v) is 9.71. The quantitative estimate of drug-likeness (QED) is 0.410. The van der Waals surface area contributed by atoms with Crippen LogP contribution in [-0.2, 0) is 14.2 Å². The summed E-state index contributed by atoms with van der Waals surface area (Å²) < 4.78 is 16.2. The van der Waals surface area contributed by atoms with E-state index in [9.17, 15) is 14.7 Å². The Kier molecular flexibility index (Phi) is 6.46. The van der Waals surface area contributed by atoms with Gasteiger partial charge < -0.3 is 19.3 Å². The van der Waals surface area contributed by atoms with Crippen LogP contribution in [0.2, 0.25) is 0 Å². The molecule has 3 rings (SSSR count). The summed E-state index contributed by atoms with van der Waals surface area (Å²) in [6.45, 7) is 1.76. The highest BCUT2D eigenvalue weighted by molar-refractivity contribution is 14.1. The molecule has 1 aliphatic rings. The highest BCUT2D eigenvalue weighted by atomic mass is 127. The van der Waals surface area contributed by atoms with Crippen LogP contribution in [0.1, 0.15) is 27.6 Å². The molecule has 6 nitrogen and oxygen atoms in total. The smallest absolute Gasteiger partial charge is 0.338 e. The van der Waals surface area contributed by atoms with Crippen LogP contribution in [0.3, 0.4) is 0 Å². The number of aliphatic hydroxyl groups excluding tert-OH is 1. The Balaban J connectivity index is 1.80. The first kappa shape index (κ1) is 19.8. The highest BCUT2D eigenvalue weighted by Crippen LogP contribution is 2.31. The number of ether oxygens (including phenoxy) is 3. The number of carbonyl (C=O) groups excluding carboxylic acids is 2. The molecule has 142 valence electrons. The van der Waals surface area contributed by atoms with Gasteiger partial charge in [-0.2, -0.15) is 0 Å². The third-order valence-electron chi connectivity index (χ3n) is 4.23. The van der Waals surface area contributed by atoms with Crippen molar-refractivity contribution < 1.29 is 28.9 Å². The monoisotopic (exact) mass is 482 g/mol. The van der Waals surface area contributed by atoms with E-state index in [0.29, 0.717) is 11.1 Å².